The van der Waals surface area contributed by atoms with Gasteiger partial charge in [0, 0.05) is 24.2 Å². The monoisotopic (exact) mass is 191 g/mol. The molecule has 0 radical (unpaired) electrons. The largest absolute Gasteiger partial charge is 0.375 e. The van der Waals surface area contributed by atoms with Gasteiger partial charge in [0.1, 0.15) is 0 Å². The molecule has 0 amide bonds. The Balaban J connectivity index is 2.52. The number of hydrogen-bond donors (Lipinski definition) is 1. The number of pyridine rings is 1. The third-order valence-corrected chi connectivity index (χ3v) is 2.69. The van der Waals surface area contributed by atoms with Gasteiger partial charge in [-0.2, -0.15) is 0 Å². The van der Waals surface area contributed by atoms with Crippen molar-refractivity contribution in [3.8, 4) is 10.4 Å². The van der Waals surface area contributed by atoms with Crippen LogP contribution >= 0.6 is 11.3 Å². The van der Waals surface area contributed by atoms with E-state index in [0.29, 0.717) is 5.13 Å². The third kappa shape index (κ3) is 1.53. The van der Waals surface area contributed by atoms with Gasteiger partial charge in [-0.05, 0) is 18.6 Å². The normalized spacial score (nSPS) is 10.2. The highest BCUT2D eigenvalue weighted by molar-refractivity contribution is 7.18. The van der Waals surface area contributed by atoms with Gasteiger partial charge in [-0.15, -0.1) is 0 Å². The molecule has 0 aromatic carbocycles. The van der Waals surface area contributed by atoms with Crippen LogP contribution in [0.15, 0.2) is 24.7 Å². The zero-order valence-corrected chi connectivity index (χ0v) is 8.01. The number of nitrogens with two attached hydrogens (primary N) is 1. The van der Waals surface area contributed by atoms with Gasteiger partial charge in [0.2, 0.25) is 0 Å². The van der Waals surface area contributed by atoms with Crippen molar-refractivity contribution in [2.75, 3.05) is 5.73 Å². The summed E-state index contributed by atoms with van der Waals surface area (Å²) in [6.07, 6.45) is 5.40. The number of aryl methyl sites for hydroxylation is 1. The number of hydrogen-bond acceptors (Lipinski definition) is 4. The molecular formula is C9H9N3S. The fraction of sp³-hybridized carbons (Fsp3) is 0.111. The van der Waals surface area contributed by atoms with E-state index in [0.717, 1.165) is 10.4 Å². The Morgan fingerprint density at radius 2 is 2.23 bits per heavy atom. The molecule has 0 aliphatic carbocycles. The quantitative estimate of drug-likeness (QED) is 0.751. The van der Waals surface area contributed by atoms with Crippen molar-refractivity contribution >= 4 is 16.5 Å². The topological polar surface area (TPSA) is 51.8 Å². The highest BCUT2D eigenvalue weighted by atomic mass is 32.1. The van der Waals surface area contributed by atoms with Crippen LogP contribution in [0.4, 0.5) is 5.13 Å². The van der Waals surface area contributed by atoms with E-state index in [1.165, 1.54) is 16.9 Å². The SMILES string of the molecule is Cc1ccncc1-c1cnc(N)s1. The Morgan fingerprint density at radius 1 is 1.38 bits per heavy atom. The van der Waals surface area contributed by atoms with Crippen LogP contribution in [0.25, 0.3) is 10.4 Å². The van der Waals surface area contributed by atoms with E-state index < -0.39 is 0 Å². The van der Waals surface area contributed by atoms with Crippen molar-refractivity contribution in [3.05, 3.63) is 30.2 Å². The molecule has 2 N–H and O–H groups in total. The highest BCUT2D eigenvalue weighted by Gasteiger charge is 2.04. The first kappa shape index (κ1) is 8.19. The van der Waals surface area contributed by atoms with E-state index in [9.17, 15) is 0 Å². The molecule has 0 fully saturated rings. The van der Waals surface area contributed by atoms with Gasteiger partial charge in [-0.3, -0.25) is 4.98 Å². The molecule has 13 heavy (non-hydrogen) atoms. The fourth-order valence-electron chi connectivity index (χ4n) is 1.13. The number of nitrogens with zero attached hydrogens (tertiary/aromatic N) is 2. The summed E-state index contributed by atoms with van der Waals surface area (Å²) in [6.45, 7) is 2.05. The van der Waals surface area contributed by atoms with Gasteiger partial charge in [-0.25, -0.2) is 4.98 Å². The maximum absolute atomic E-state index is 5.55. The van der Waals surface area contributed by atoms with Gasteiger partial charge in [0.15, 0.2) is 5.13 Å². The Labute approximate surface area is 80.3 Å². The van der Waals surface area contributed by atoms with Crippen LogP contribution in [0.1, 0.15) is 5.56 Å². The summed E-state index contributed by atoms with van der Waals surface area (Å²) >= 11 is 1.48. The van der Waals surface area contributed by atoms with Crippen molar-refractivity contribution in [1.82, 2.24) is 9.97 Å². The van der Waals surface area contributed by atoms with E-state index in [1.807, 2.05) is 19.2 Å². The molecule has 0 aliphatic heterocycles. The lowest BCUT2D eigenvalue weighted by atomic mass is 10.1. The summed E-state index contributed by atoms with van der Waals surface area (Å²) in [7, 11) is 0. The lowest BCUT2D eigenvalue weighted by molar-refractivity contribution is 1.29. The van der Waals surface area contributed by atoms with Gasteiger partial charge < -0.3 is 5.73 Å². The minimum Gasteiger partial charge on any atom is -0.375 e. The van der Waals surface area contributed by atoms with Crippen molar-refractivity contribution in [2.24, 2.45) is 0 Å². The van der Waals surface area contributed by atoms with Crippen molar-refractivity contribution < 1.29 is 0 Å². The molecular weight excluding hydrogens is 182 g/mol. The van der Waals surface area contributed by atoms with Gasteiger partial charge in [-0.1, -0.05) is 11.3 Å². The molecule has 2 heterocycles. The smallest absolute Gasteiger partial charge is 0.180 e. The molecule has 0 aliphatic rings. The number of thiazole rings is 1. The number of nitrogen functional groups attached to an aromatic ring is 1. The second-order valence-electron chi connectivity index (χ2n) is 2.75. The molecule has 0 bridgehead atoms. The second kappa shape index (κ2) is 3.14. The lowest BCUT2D eigenvalue weighted by Gasteiger charge is -1.99. The first-order valence-corrected chi connectivity index (χ1v) is 4.71. The van der Waals surface area contributed by atoms with Crippen LogP contribution in [0.3, 0.4) is 0 Å². The average molecular weight is 191 g/mol. The van der Waals surface area contributed by atoms with Gasteiger partial charge >= 0.3 is 0 Å². The predicted molar refractivity (Wildman–Crippen MR) is 54.5 cm³/mol. The summed E-state index contributed by atoms with van der Waals surface area (Å²) < 4.78 is 0. The maximum atomic E-state index is 5.55. The van der Waals surface area contributed by atoms with Gasteiger partial charge in [0.05, 0.1) is 4.88 Å². The predicted octanol–water partition coefficient (Wildman–Crippen LogP) is 2.10. The number of anilines is 1. The van der Waals surface area contributed by atoms with Crippen molar-refractivity contribution in [1.29, 1.82) is 0 Å². The first-order valence-electron chi connectivity index (χ1n) is 3.89. The molecule has 2 aromatic heterocycles. The van der Waals surface area contributed by atoms with E-state index in [-0.39, 0.29) is 0 Å². The Hall–Kier alpha value is -1.42. The molecule has 0 spiro atoms. The van der Waals surface area contributed by atoms with E-state index in [4.69, 9.17) is 5.73 Å². The minimum absolute atomic E-state index is 0.596. The second-order valence-corrected chi connectivity index (χ2v) is 3.82. The number of rotatable bonds is 1. The molecule has 2 rings (SSSR count). The Bertz CT molecular complexity index is 422. The molecule has 3 nitrogen and oxygen atoms in total. The number of aromatic nitrogens is 2. The summed E-state index contributed by atoms with van der Waals surface area (Å²) in [5.41, 5.74) is 7.85. The van der Waals surface area contributed by atoms with Gasteiger partial charge in [0.25, 0.3) is 0 Å². The average Bonchev–Trinajstić information content (AvgIpc) is 2.53. The Kier molecular flexibility index (Phi) is 1.98. The van der Waals surface area contributed by atoms with Crippen LogP contribution in [-0.2, 0) is 0 Å². The Morgan fingerprint density at radius 3 is 2.85 bits per heavy atom. The third-order valence-electron chi connectivity index (χ3n) is 1.83. The van der Waals surface area contributed by atoms with Crippen LogP contribution in [0, 0.1) is 6.92 Å². The molecule has 0 saturated heterocycles. The summed E-state index contributed by atoms with van der Waals surface area (Å²) in [6, 6.07) is 1.98. The van der Waals surface area contributed by atoms with Crippen LogP contribution in [-0.4, -0.2) is 9.97 Å². The van der Waals surface area contributed by atoms with E-state index in [2.05, 4.69) is 9.97 Å². The van der Waals surface area contributed by atoms with E-state index in [1.54, 1.807) is 12.4 Å². The molecule has 4 heteroatoms. The van der Waals surface area contributed by atoms with Crippen LogP contribution in [0.2, 0.25) is 0 Å². The summed E-state index contributed by atoms with van der Waals surface area (Å²) in [5.74, 6) is 0. The maximum Gasteiger partial charge on any atom is 0.180 e. The zero-order valence-electron chi connectivity index (χ0n) is 7.19. The highest BCUT2D eigenvalue weighted by Crippen LogP contribution is 2.28. The van der Waals surface area contributed by atoms with Crippen molar-refractivity contribution in [2.45, 2.75) is 6.92 Å². The summed E-state index contributed by atoms with van der Waals surface area (Å²) in [4.78, 5) is 9.14. The standard InChI is InChI=1S/C9H9N3S/c1-6-2-3-11-4-7(6)8-5-12-9(10)13-8/h2-5H,1H3,(H2,10,12). The molecule has 0 saturated carbocycles. The molecule has 0 unspecified atom stereocenters. The lowest BCUT2D eigenvalue weighted by Crippen LogP contribution is -1.80. The van der Waals surface area contributed by atoms with Crippen LogP contribution in [0.5, 0.6) is 0 Å². The molecule has 0 atom stereocenters. The van der Waals surface area contributed by atoms with Crippen LogP contribution < -0.4 is 5.73 Å². The zero-order chi connectivity index (χ0) is 9.26. The summed E-state index contributed by atoms with van der Waals surface area (Å²) in [5, 5.41) is 0.596. The molecule has 66 valence electrons. The molecule has 2 aromatic rings. The minimum atomic E-state index is 0.596. The van der Waals surface area contributed by atoms with Crippen molar-refractivity contribution in [3.63, 3.8) is 0 Å². The first-order chi connectivity index (χ1) is 6.27. The van der Waals surface area contributed by atoms with E-state index >= 15 is 0 Å². The fourth-order valence-corrected chi connectivity index (χ4v) is 1.89.